The summed E-state index contributed by atoms with van der Waals surface area (Å²) in [6.07, 6.45) is 0. The first-order chi connectivity index (χ1) is 9.42. The molecular weight excluding hydrogens is 288 g/mol. The molecule has 0 unspecified atom stereocenters. The van der Waals surface area contributed by atoms with Crippen LogP contribution in [0.1, 0.15) is 5.56 Å². The van der Waals surface area contributed by atoms with Crippen LogP contribution in [-0.2, 0) is 10.0 Å². The van der Waals surface area contributed by atoms with Crippen LogP contribution < -0.4 is 4.72 Å². The highest BCUT2D eigenvalue weighted by Crippen LogP contribution is 2.18. The molecule has 8 heteroatoms. The summed E-state index contributed by atoms with van der Waals surface area (Å²) in [6, 6.07) is 8.64. The quantitative estimate of drug-likeness (QED) is 0.878. The van der Waals surface area contributed by atoms with Gasteiger partial charge in [-0.3, -0.25) is 4.72 Å². The van der Waals surface area contributed by atoms with Gasteiger partial charge in [-0.25, -0.2) is 8.42 Å². The number of sulfonamides is 1. The smallest absolute Gasteiger partial charge is 0.262 e. The van der Waals surface area contributed by atoms with Crippen molar-refractivity contribution in [2.24, 2.45) is 0 Å². The van der Waals surface area contributed by atoms with E-state index in [1.807, 2.05) is 10.8 Å². The number of anilines is 1. The summed E-state index contributed by atoms with van der Waals surface area (Å²) < 4.78 is 51.8. The van der Waals surface area contributed by atoms with Crippen LogP contribution in [0.3, 0.4) is 0 Å². The Labute approximate surface area is 113 Å². The van der Waals surface area contributed by atoms with Crippen LogP contribution in [0, 0.1) is 23.2 Å². The molecule has 0 spiro atoms. The number of halogens is 2. The Kier molecular flexibility index (Phi) is 3.63. The topological polar surface area (TPSA) is 82.8 Å². The highest BCUT2D eigenvalue weighted by molar-refractivity contribution is 7.92. The van der Waals surface area contributed by atoms with Gasteiger partial charge in [-0.15, -0.1) is 0 Å². The van der Waals surface area contributed by atoms with E-state index in [2.05, 4.69) is 4.98 Å². The molecule has 0 atom stereocenters. The first-order valence-electron chi connectivity index (χ1n) is 5.27. The maximum Gasteiger partial charge on any atom is 0.262 e. The normalized spacial score (nSPS) is 10.8. The second-order valence-electron chi connectivity index (χ2n) is 3.71. The van der Waals surface area contributed by atoms with E-state index in [-0.39, 0.29) is 4.90 Å². The summed E-state index contributed by atoms with van der Waals surface area (Å²) in [7, 11) is -4.04. The van der Waals surface area contributed by atoms with E-state index in [0.29, 0.717) is 5.56 Å². The molecule has 1 N–H and O–H groups in total. The second kappa shape index (κ2) is 5.22. The Morgan fingerprint density at radius 3 is 2.30 bits per heavy atom. The fourth-order valence-corrected chi connectivity index (χ4v) is 2.45. The molecular formula is C12H7F2N3O2S. The van der Waals surface area contributed by atoms with Crippen molar-refractivity contribution in [2.45, 2.75) is 4.90 Å². The molecule has 0 saturated carbocycles. The molecule has 0 radical (unpaired) electrons. The van der Waals surface area contributed by atoms with Gasteiger partial charge in [-0.1, -0.05) is 0 Å². The Bertz CT molecular complexity index is 783. The van der Waals surface area contributed by atoms with Gasteiger partial charge in [0.2, 0.25) is 11.9 Å². The summed E-state index contributed by atoms with van der Waals surface area (Å²) >= 11 is 0. The molecule has 0 aliphatic heterocycles. The highest BCUT2D eigenvalue weighted by Gasteiger charge is 2.17. The van der Waals surface area contributed by atoms with Gasteiger partial charge in [0.25, 0.3) is 10.0 Å². The van der Waals surface area contributed by atoms with Crippen molar-refractivity contribution in [3.05, 3.63) is 53.9 Å². The van der Waals surface area contributed by atoms with Crippen LogP contribution in [-0.4, -0.2) is 13.4 Å². The molecule has 1 aromatic carbocycles. The zero-order valence-electron chi connectivity index (χ0n) is 9.84. The third-order valence-corrected chi connectivity index (χ3v) is 3.73. The molecule has 1 heterocycles. The zero-order valence-corrected chi connectivity index (χ0v) is 10.7. The van der Waals surface area contributed by atoms with Crippen molar-refractivity contribution in [2.75, 3.05) is 4.72 Å². The number of nitrogens with zero attached hydrogens (tertiary/aromatic N) is 2. The van der Waals surface area contributed by atoms with Gasteiger partial charge in [-0.05, 0) is 36.4 Å². The second-order valence-corrected chi connectivity index (χ2v) is 5.40. The standard InChI is InChI=1S/C12H7F2N3O2S/c13-11-6-5-10(12(14)16-11)17-20(18,19)9-3-1-8(7-15)2-4-9/h1-6,17H. The van der Waals surface area contributed by atoms with Crippen LogP contribution >= 0.6 is 0 Å². The lowest BCUT2D eigenvalue weighted by molar-refractivity contribution is 0.515. The van der Waals surface area contributed by atoms with Crippen molar-refractivity contribution in [1.29, 1.82) is 5.26 Å². The molecule has 5 nitrogen and oxygen atoms in total. The van der Waals surface area contributed by atoms with E-state index in [4.69, 9.17) is 5.26 Å². The molecule has 0 aliphatic carbocycles. The average molecular weight is 295 g/mol. The molecule has 1 aromatic heterocycles. The lowest BCUT2D eigenvalue weighted by Gasteiger charge is -2.08. The number of aromatic nitrogens is 1. The largest absolute Gasteiger partial charge is 0.275 e. The van der Waals surface area contributed by atoms with E-state index < -0.39 is 27.6 Å². The van der Waals surface area contributed by atoms with Gasteiger partial charge >= 0.3 is 0 Å². The van der Waals surface area contributed by atoms with Gasteiger partial charge in [0.1, 0.15) is 5.69 Å². The first-order valence-corrected chi connectivity index (χ1v) is 6.76. The minimum Gasteiger partial charge on any atom is -0.275 e. The van der Waals surface area contributed by atoms with E-state index in [1.165, 1.54) is 24.3 Å². The molecule has 2 rings (SSSR count). The van der Waals surface area contributed by atoms with Crippen molar-refractivity contribution >= 4 is 15.7 Å². The lowest BCUT2D eigenvalue weighted by atomic mass is 10.2. The minimum absolute atomic E-state index is 0.153. The Morgan fingerprint density at radius 2 is 1.75 bits per heavy atom. The summed E-state index contributed by atoms with van der Waals surface area (Å²) in [5.41, 5.74) is -0.172. The minimum atomic E-state index is -4.04. The van der Waals surface area contributed by atoms with E-state index in [1.54, 1.807) is 0 Å². The Morgan fingerprint density at radius 1 is 1.10 bits per heavy atom. The first kappa shape index (κ1) is 13.9. The van der Waals surface area contributed by atoms with Crippen LogP contribution in [0.15, 0.2) is 41.3 Å². The third kappa shape index (κ3) is 2.89. The fraction of sp³-hybridized carbons (Fsp3) is 0. The van der Waals surface area contributed by atoms with Crippen LogP contribution in [0.5, 0.6) is 0 Å². The maximum atomic E-state index is 13.3. The van der Waals surface area contributed by atoms with Gasteiger partial charge in [0.15, 0.2) is 0 Å². The van der Waals surface area contributed by atoms with Crippen LogP contribution in [0.2, 0.25) is 0 Å². The zero-order chi connectivity index (χ0) is 14.8. The summed E-state index contributed by atoms with van der Waals surface area (Å²) in [5.74, 6) is -2.31. The summed E-state index contributed by atoms with van der Waals surface area (Å²) in [4.78, 5) is 2.72. The van der Waals surface area contributed by atoms with Crippen molar-refractivity contribution in [3.8, 4) is 6.07 Å². The van der Waals surface area contributed by atoms with E-state index in [9.17, 15) is 17.2 Å². The number of nitrogens with one attached hydrogen (secondary N) is 1. The van der Waals surface area contributed by atoms with Crippen molar-refractivity contribution < 1.29 is 17.2 Å². The molecule has 0 fully saturated rings. The molecule has 0 bridgehead atoms. The van der Waals surface area contributed by atoms with Gasteiger partial charge in [0.05, 0.1) is 16.5 Å². The number of pyridine rings is 1. The number of nitriles is 1. The predicted octanol–water partition coefficient (Wildman–Crippen LogP) is 2.03. The maximum absolute atomic E-state index is 13.3. The van der Waals surface area contributed by atoms with Crippen LogP contribution in [0.25, 0.3) is 0 Å². The third-order valence-electron chi connectivity index (χ3n) is 2.35. The lowest BCUT2D eigenvalue weighted by Crippen LogP contribution is -2.14. The Hall–Kier alpha value is -2.53. The molecule has 102 valence electrons. The van der Waals surface area contributed by atoms with Gasteiger partial charge in [-0.2, -0.15) is 19.0 Å². The Balaban J connectivity index is 2.33. The molecule has 2 aromatic rings. The summed E-state index contributed by atoms with van der Waals surface area (Å²) in [6.45, 7) is 0. The fourth-order valence-electron chi connectivity index (χ4n) is 1.40. The van der Waals surface area contributed by atoms with Crippen molar-refractivity contribution in [1.82, 2.24) is 4.98 Å². The highest BCUT2D eigenvalue weighted by atomic mass is 32.2. The van der Waals surface area contributed by atoms with Gasteiger partial charge < -0.3 is 0 Å². The SMILES string of the molecule is N#Cc1ccc(S(=O)(=O)Nc2ccc(F)nc2F)cc1. The number of hydrogen-bond acceptors (Lipinski definition) is 4. The van der Waals surface area contributed by atoms with Crippen LogP contribution in [0.4, 0.5) is 14.5 Å². The molecule has 0 saturated heterocycles. The molecule has 0 aliphatic rings. The molecule has 20 heavy (non-hydrogen) atoms. The number of rotatable bonds is 3. The number of hydrogen-bond donors (Lipinski definition) is 1. The number of benzene rings is 1. The molecule has 0 amide bonds. The summed E-state index contributed by atoms with van der Waals surface area (Å²) in [5, 5.41) is 8.62. The predicted molar refractivity (Wildman–Crippen MR) is 66.1 cm³/mol. The van der Waals surface area contributed by atoms with E-state index in [0.717, 1.165) is 12.1 Å². The average Bonchev–Trinajstić information content (AvgIpc) is 2.42. The van der Waals surface area contributed by atoms with E-state index >= 15 is 0 Å². The van der Waals surface area contributed by atoms with Crippen molar-refractivity contribution in [3.63, 3.8) is 0 Å². The van der Waals surface area contributed by atoms with Gasteiger partial charge in [0, 0.05) is 0 Å². The monoisotopic (exact) mass is 295 g/mol.